The molecular weight excluding hydrogens is 170 g/mol. The van der Waals surface area contributed by atoms with Crippen LogP contribution in [-0.2, 0) is 14.4 Å². The van der Waals surface area contributed by atoms with Crippen molar-refractivity contribution < 1.29 is 14.4 Å². The summed E-state index contributed by atoms with van der Waals surface area (Å²) in [5.41, 5.74) is 2.07. The fourth-order valence-corrected chi connectivity index (χ4v) is 0.657. The van der Waals surface area contributed by atoms with Gasteiger partial charge >= 0.3 is 5.97 Å². The smallest absolute Gasteiger partial charge is 0.332 e. The Labute approximate surface area is 78.6 Å². The van der Waals surface area contributed by atoms with Gasteiger partial charge in [-0.1, -0.05) is 27.2 Å². The van der Waals surface area contributed by atoms with Crippen LogP contribution in [0.1, 0.15) is 40.0 Å². The summed E-state index contributed by atoms with van der Waals surface area (Å²) in [5, 5.41) is 0. The Kier molecular flexibility index (Phi) is 5.93. The van der Waals surface area contributed by atoms with Gasteiger partial charge in [-0.2, -0.15) is 5.48 Å². The van der Waals surface area contributed by atoms with Crippen LogP contribution in [0.2, 0.25) is 0 Å². The zero-order valence-electron chi connectivity index (χ0n) is 8.42. The first-order valence-corrected chi connectivity index (χ1v) is 4.58. The van der Waals surface area contributed by atoms with Gasteiger partial charge in [-0.25, -0.2) is 4.79 Å². The van der Waals surface area contributed by atoms with E-state index in [1.54, 1.807) is 6.92 Å². The summed E-state index contributed by atoms with van der Waals surface area (Å²) >= 11 is 0. The largest absolute Gasteiger partial charge is 0.341 e. The first-order valence-electron chi connectivity index (χ1n) is 4.58. The van der Waals surface area contributed by atoms with Crippen molar-refractivity contribution in [3.05, 3.63) is 0 Å². The number of nitrogens with one attached hydrogen (secondary N) is 1. The van der Waals surface area contributed by atoms with Crippen LogP contribution in [0, 0.1) is 5.92 Å². The summed E-state index contributed by atoms with van der Waals surface area (Å²) in [6, 6.07) is 0. The molecule has 0 spiro atoms. The summed E-state index contributed by atoms with van der Waals surface area (Å²) in [6.45, 7) is 5.66. The molecule has 1 unspecified atom stereocenters. The molecule has 0 saturated heterocycles. The molecule has 0 heterocycles. The first-order chi connectivity index (χ1) is 6.10. The highest BCUT2D eigenvalue weighted by Crippen LogP contribution is 2.06. The van der Waals surface area contributed by atoms with Gasteiger partial charge in [0.1, 0.15) is 0 Å². The number of amides is 1. The molecule has 0 aliphatic rings. The zero-order valence-corrected chi connectivity index (χ0v) is 8.42. The molecule has 76 valence electrons. The number of hydrogen-bond donors (Lipinski definition) is 1. The molecule has 0 saturated carbocycles. The molecule has 4 heteroatoms. The summed E-state index contributed by atoms with van der Waals surface area (Å²) in [4.78, 5) is 26.2. The van der Waals surface area contributed by atoms with E-state index < -0.39 is 0 Å². The molecule has 0 aromatic carbocycles. The van der Waals surface area contributed by atoms with Gasteiger partial charge in [0.25, 0.3) is 5.91 Å². The number of carbonyl (C=O) groups is 2. The molecule has 0 aromatic heterocycles. The summed E-state index contributed by atoms with van der Waals surface area (Å²) < 4.78 is 0. The lowest BCUT2D eigenvalue weighted by Crippen LogP contribution is -2.26. The van der Waals surface area contributed by atoms with E-state index in [0.717, 1.165) is 6.42 Å². The number of rotatable bonds is 4. The molecule has 0 radical (unpaired) electrons. The van der Waals surface area contributed by atoms with E-state index in [9.17, 15) is 9.59 Å². The molecule has 0 rings (SSSR count). The van der Waals surface area contributed by atoms with Gasteiger partial charge < -0.3 is 4.84 Å². The molecule has 0 aliphatic heterocycles. The highest BCUT2D eigenvalue weighted by atomic mass is 16.7. The van der Waals surface area contributed by atoms with E-state index in [0.29, 0.717) is 18.8 Å². The van der Waals surface area contributed by atoms with E-state index >= 15 is 0 Å². The highest BCUT2D eigenvalue weighted by molar-refractivity contribution is 5.77. The molecule has 1 atom stereocenters. The lowest BCUT2D eigenvalue weighted by Gasteiger charge is -2.07. The lowest BCUT2D eigenvalue weighted by molar-refractivity contribution is -0.159. The van der Waals surface area contributed by atoms with Crippen LogP contribution in [0.25, 0.3) is 0 Å². The molecule has 0 aliphatic carbocycles. The minimum atomic E-state index is -0.379. The predicted molar refractivity (Wildman–Crippen MR) is 48.6 cm³/mol. The van der Waals surface area contributed by atoms with Gasteiger partial charge in [0.2, 0.25) is 0 Å². The molecule has 4 nitrogen and oxygen atoms in total. The molecular formula is C9H17NO3. The monoisotopic (exact) mass is 187 g/mol. The molecule has 1 amide bonds. The Morgan fingerprint density at radius 2 is 2.00 bits per heavy atom. The fraction of sp³-hybridized carbons (Fsp3) is 0.778. The average molecular weight is 187 g/mol. The number of hydrogen-bond acceptors (Lipinski definition) is 3. The maximum absolute atomic E-state index is 11.0. The zero-order chi connectivity index (χ0) is 10.3. The summed E-state index contributed by atoms with van der Waals surface area (Å²) in [7, 11) is 0. The van der Waals surface area contributed by atoms with Crippen LogP contribution in [-0.4, -0.2) is 11.9 Å². The third-order valence-corrected chi connectivity index (χ3v) is 1.81. The van der Waals surface area contributed by atoms with Crippen LogP contribution in [0.5, 0.6) is 0 Å². The standard InChI is InChI=1S/C9H17NO3/c1-4-7(3)6-9(12)13-10-8(11)5-2/h7H,4-6H2,1-3H3,(H,10,11). The van der Waals surface area contributed by atoms with E-state index in [-0.39, 0.29) is 11.9 Å². The Morgan fingerprint density at radius 3 is 2.46 bits per heavy atom. The molecule has 1 N–H and O–H groups in total. The van der Waals surface area contributed by atoms with Gasteiger partial charge in [-0.15, -0.1) is 0 Å². The quantitative estimate of drug-likeness (QED) is 0.677. The SMILES string of the molecule is CCC(=O)NOC(=O)CC(C)CC. The second-order valence-electron chi connectivity index (χ2n) is 3.07. The van der Waals surface area contributed by atoms with Gasteiger partial charge in [0.05, 0.1) is 6.42 Å². The predicted octanol–water partition coefficient (Wildman–Crippen LogP) is 1.41. The maximum atomic E-state index is 11.0. The Bertz CT molecular complexity index is 180. The first kappa shape index (κ1) is 11.9. The third kappa shape index (κ3) is 6.13. The molecule has 0 bridgehead atoms. The van der Waals surface area contributed by atoms with Gasteiger partial charge in [0.15, 0.2) is 0 Å². The third-order valence-electron chi connectivity index (χ3n) is 1.81. The lowest BCUT2D eigenvalue weighted by atomic mass is 10.1. The maximum Gasteiger partial charge on any atom is 0.332 e. The van der Waals surface area contributed by atoms with Crippen molar-refractivity contribution in [1.29, 1.82) is 0 Å². The number of carbonyl (C=O) groups excluding carboxylic acids is 2. The van der Waals surface area contributed by atoms with Gasteiger partial charge in [-0.05, 0) is 5.92 Å². The molecule has 0 fully saturated rings. The minimum absolute atomic E-state index is 0.280. The Balaban J connectivity index is 3.57. The average Bonchev–Trinajstić information content (AvgIpc) is 2.13. The van der Waals surface area contributed by atoms with E-state index in [4.69, 9.17) is 0 Å². The number of hydroxylamine groups is 1. The topological polar surface area (TPSA) is 55.4 Å². The van der Waals surface area contributed by atoms with Gasteiger partial charge in [0, 0.05) is 6.42 Å². The fourth-order valence-electron chi connectivity index (χ4n) is 0.657. The van der Waals surface area contributed by atoms with Crippen molar-refractivity contribution in [2.45, 2.75) is 40.0 Å². The minimum Gasteiger partial charge on any atom is -0.341 e. The van der Waals surface area contributed by atoms with Crippen molar-refractivity contribution in [2.24, 2.45) is 5.92 Å². The van der Waals surface area contributed by atoms with E-state index in [1.165, 1.54) is 0 Å². The van der Waals surface area contributed by atoms with Gasteiger partial charge in [-0.3, -0.25) is 4.79 Å². The van der Waals surface area contributed by atoms with Crippen molar-refractivity contribution in [2.75, 3.05) is 0 Å². The second kappa shape index (κ2) is 6.46. The van der Waals surface area contributed by atoms with Crippen molar-refractivity contribution in [3.63, 3.8) is 0 Å². The van der Waals surface area contributed by atoms with Crippen LogP contribution < -0.4 is 5.48 Å². The summed E-state index contributed by atoms with van der Waals surface area (Å²) in [6.07, 6.45) is 1.59. The van der Waals surface area contributed by atoms with Crippen LogP contribution >= 0.6 is 0 Å². The van der Waals surface area contributed by atoms with Crippen molar-refractivity contribution >= 4 is 11.9 Å². The van der Waals surface area contributed by atoms with Crippen LogP contribution in [0.15, 0.2) is 0 Å². The Morgan fingerprint density at radius 1 is 1.38 bits per heavy atom. The molecule has 0 aromatic rings. The van der Waals surface area contributed by atoms with E-state index in [1.807, 2.05) is 13.8 Å². The Hall–Kier alpha value is -1.06. The highest BCUT2D eigenvalue weighted by Gasteiger charge is 2.09. The van der Waals surface area contributed by atoms with E-state index in [2.05, 4.69) is 10.3 Å². The summed E-state index contributed by atoms with van der Waals surface area (Å²) in [5.74, 6) is -0.361. The van der Waals surface area contributed by atoms with Crippen molar-refractivity contribution in [1.82, 2.24) is 5.48 Å². The van der Waals surface area contributed by atoms with Crippen LogP contribution in [0.4, 0.5) is 0 Å². The normalized spacial score (nSPS) is 11.9. The van der Waals surface area contributed by atoms with Crippen molar-refractivity contribution in [3.8, 4) is 0 Å². The molecule has 13 heavy (non-hydrogen) atoms. The second-order valence-corrected chi connectivity index (χ2v) is 3.07. The van der Waals surface area contributed by atoms with Crippen LogP contribution in [0.3, 0.4) is 0 Å².